The first-order valence-electron chi connectivity index (χ1n) is 4.75. The highest BCUT2D eigenvalue weighted by molar-refractivity contribution is 5.80. The van der Waals surface area contributed by atoms with Gasteiger partial charge in [0.05, 0.1) is 11.8 Å². The molecule has 0 radical (unpaired) electrons. The molecule has 0 aliphatic heterocycles. The molecule has 2 aromatic rings. The lowest BCUT2D eigenvalue weighted by atomic mass is 10.00. The Hall–Kier alpha value is -2.17. The molecule has 1 heterocycles. The molecule has 4 N–H and O–H groups in total. The van der Waals surface area contributed by atoms with E-state index in [9.17, 15) is 10.2 Å². The second-order valence-electron chi connectivity index (χ2n) is 3.67. The number of rotatable bonds is 1. The second kappa shape index (κ2) is 3.44. The molecule has 1 aromatic carbocycles. The number of aryl methyl sites for hydroxylation is 1. The number of anilines is 1. The number of phenols is 2. The highest BCUT2D eigenvalue weighted by Crippen LogP contribution is 2.41. The van der Waals surface area contributed by atoms with E-state index < -0.39 is 0 Å². The van der Waals surface area contributed by atoms with E-state index in [1.54, 1.807) is 13.0 Å². The van der Waals surface area contributed by atoms with Crippen molar-refractivity contribution in [3.05, 3.63) is 23.4 Å². The fourth-order valence-electron chi connectivity index (χ4n) is 1.54. The van der Waals surface area contributed by atoms with E-state index in [1.165, 1.54) is 6.20 Å². The Bertz CT molecular complexity index is 546. The number of nitrogens with two attached hydrogens (primary N) is 1. The Balaban J connectivity index is 2.72. The summed E-state index contributed by atoms with van der Waals surface area (Å²) in [7, 11) is 0. The summed E-state index contributed by atoms with van der Waals surface area (Å²) < 4.78 is 4.72. The van der Waals surface area contributed by atoms with Crippen LogP contribution in [0.25, 0.3) is 11.1 Å². The Morgan fingerprint density at radius 2 is 1.88 bits per heavy atom. The number of phenolic OH excluding ortho intramolecular Hbond substituents is 2. The minimum Gasteiger partial charge on any atom is -0.504 e. The van der Waals surface area contributed by atoms with Gasteiger partial charge >= 0.3 is 0 Å². The van der Waals surface area contributed by atoms with Crippen LogP contribution >= 0.6 is 0 Å². The van der Waals surface area contributed by atoms with Gasteiger partial charge < -0.3 is 20.5 Å². The lowest BCUT2D eigenvalue weighted by molar-refractivity contribution is 0.402. The predicted molar refractivity (Wildman–Crippen MR) is 59.2 cm³/mol. The predicted octanol–water partition coefficient (Wildman–Crippen LogP) is 1.95. The van der Waals surface area contributed by atoms with Gasteiger partial charge in [0.15, 0.2) is 11.5 Å². The zero-order chi connectivity index (χ0) is 11.9. The second-order valence-corrected chi connectivity index (χ2v) is 3.67. The molecule has 0 fully saturated rings. The molecule has 0 aliphatic rings. The number of hydrogen-bond acceptors (Lipinski definition) is 5. The van der Waals surface area contributed by atoms with Crippen LogP contribution < -0.4 is 5.73 Å². The van der Waals surface area contributed by atoms with Crippen molar-refractivity contribution in [1.29, 1.82) is 0 Å². The van der Waals surface area contributed by atoms with Crippen molar-refractivity contribution in [2.45, 2.75) is 13.8 Å². The maximum atomic E-state index is 9.82. The first-order chi connectivity index (χ1) is 7.52. The fourth-order valence-corrected chi connectivity index (χ4v) is 1.54. The normalized spacial score (nSPS) is 10.6. The van der Waals surface area contributed by atoms with Crippen LogP contribution in [0.5, 0.6) is 11.5 Å². The molecule has 0 atom stereocenters. The standard InChI is InChI=1S/C11H12N2O3/c1-5-3-7(8-4-13-16-11(8)12)10(15)9(14)6(5)2/h3-4,14-15H,12H2,1-2H3. The van der Waals surface area contributed by atoms with Crippen LogP contribution in [0.15, 0.2) is 16.8 Å². The van der Waals surface area contributed by atoms with Gasteiger partial charge in [0.2, 0.25) is 5.88 Å². The number of aromatic hydroxyl groups is 2. The van der Waals surface area contributed by atoms with Crippen molar-refractivity contribution in [2.75, 3.05) is 5.73 Å². The zero-order valence-electron chi connectivity index (χ0n) is 8.98. The zero-order valence-corrected chi connectivity index (χ0v) is 8.98. The molecule has 5 nitrogen and oxygen atoms in total. The average molecular weight is 220 g/mol. The summed E-state index contributed by atoms with van der Waals surface area (Å²) in [6, 6.07) is 1.73. The lowest BCUT2D eigenvalue weighted by Gasteiger charge is -2.10. The monoisotopic (exact) mass is 220 g/mol. The summed E-state index contributed by atoms with van der Waals surface area (Å²) in [6.07, 6.45) is 1.40. The third kappa shape index (κ3) is 1.37. The smallest absolute Gasteiger partial charge is 0.230 e. The minimum atomic E-state index is -0.210. The molecule has 2 rings (SSSR count). The molecule has 0 spiro atoms. The Kier molecular flexibility index (Phi) is 2.23. The van der Waals surface area contributed by atoms with Crippen molar-refractivity contribution in [2.24, 2.45) is 0 Å². The third-order valence-corrected chi connectivity index (χ3v) is 2.68. The van der Waals surface area contributed by atoms with E-state index in [0.717, 1.165) is 5.56 Å². The molecule has 0 bridgehead atoms. The van der Waals surface area contributed by atoms with Crippen LogP contribution in [0, 0.1) is 13.8 Å². The molecule has 0 amide bonds. The molecule has 1 aromatic heterocycles. The van der Waals surface area contributed by atoms with E-state index in [-0.39, 0.29) is 17.4 Å². The summed E-state index contributed by atoms with van der Waals surface area (Å²) >= 11 is 0. The Morgan fingerprint density at radius 1 is 1.19 bits per heavy atom. The topological polar surface area (TPSA) is 92.5 Å². The van der Waals surface area contributed by atoms with Crippen LogP contribution in [0.2, 0.25) is 0 Å². The molecule has 0 aliphatic carbocycles. The quantitative estimate of drug-likeness (QED) is 0.639. The Morgan fingerprint density at radius 3 is 2.44 bits per heavy atom. The van der Waals surface area contributed by atoms with Crippen LogP contribution in [0.4, 0.5) is 5.88 Å². The maximum Gasteiger partial charge on any atom is 0.230 e. The van der Waals surface area contributed by atoms with Crippen molar-refractivity contribution in [3.8, 4) is 22.6 Å². The van der Waals surface area contributed by atoms with E-state index in [1.807, 2.05) is 6.92 Å². The van der Waals surface area contributed by atoms with Gasteiger partial charge in [0.1, 0.15) is 0 Å². The minimum absolute atomic E-state index is 0.109. The maximum absolute atomic E-state index is 9.82. The lowest BCUT2D eigenvalue weighted by Crippen LogP contribution is -1.89. The molecule has 16 heavy (non-hydrogen) atoms. The number of nitrogen functional groups attached to an aromatic ring is 1. The van der Waals surface area contributed by atoms with E-state index in [4.69, 9.17) is 10.3 Å². The van der Waals surface area contributed by atoms with Crippen LogP contribution in [0.3, 0.4) is 0 Å². The molecular formula is C11H12N2O3. The van der Waals surface area contributed by atoms with Crippen LogP contribution in [-0.2, 0) is 0 Å². The number of benzene rings is 1. The van der Waals surface area contributed by atoms with Gasteiger partial charge in [-0.15, -0.1) is 0 Å². The van der Waals surface area contributed by atoms with Crippen molar-refractivity contribution in [3.63, 3.8) is 0 Å². The van der Waals surface area contributed by atoms with Gasteiger partial charge in [-0.25, -0.2) is 0 Å². The van der Waals surface area contributed by atoms with Gasteiger partial charge in [-0.2, -0.15) is 0 Å². The van der Waals surface area contributed by atoms with E-state index in [2.05, 4.69) is 5.16 Å². The third-order valence-electron chi connectivity index (χ3n) is 2.68. The summed E-state index contributed by atoms with van der Waals surface area (Å²) in [5.74, 6) is -0.244. The summed E-state index contributed by atoms with van der Waals surface area (Å²) in [6.45, 7) is 3.56. The van der Waals surface area contributed by atoms with Gasteiger partial charge in [0.25, 0.3) is 0 Å². The molecule has 5 heteroatoms. The summed E-state index contributed by atoms with van der Waals surface area (Å²) in [4.78, 5) is 0. The summed E-state index contributed by atoms with van der Waals surface area (Å²) in [5.41, 5.74) is 7.93. The van der Waals surface area contributed by atoms with E-state index in [0.29, 0.717) is 16.7 Å². The number of nitrogens with zero attached hydrogens (tertiary/aromatic N) is 1. The van der Waals surface area contributed by atoms with Crippen molar-refractivity contribution < 1.29 is 14.7 Å². The average Bonchev–Trinajstić information content (AvgIpc) is 2.67. The highest BCUT2D eigenvalue weighted by Gasteiger charge is 2.17. The van der Waals surface area contributed by atoms with Gasteiger partial charge in [-0.05, 0) is 31.0 Å². The first kappa shape index (κ1) is 10.4. The van der Waals surface area contributed by atoms with Crippen LogP contribution in [-0.4, -0.2) is 15.4 Å². The summed E-state index contributed by atoms with van der Waals surface area (Å²) in [5, 5.41) is 23.1. The van der Waals surface area contributed by atoms with Gasteiger partial charge in [-0.3, -0.25) is 0 Å². The molecule has 0 saturated carbocycles. The van der Waals surface area contributed by atoms with Gasteiger partial charge in [-0.1, -0.05) is 5.16 Å². The Labute approximate surface area is 92.1 Å². The molecule has 0 unspecified atom stereocenters. The molecule has 84 valence electrons. The van der Waals surface area contributed by atoms with Gasteiger partial charge in [0, 0.05) is 5.56 Å². The van der Waals surface area contributed by atoms with E-state index >= 15 is 0 Å². The SMILES string of the molecule is Cc1cc(-c2cnoc2N)c(O)c(O)c1C. The molecule has 0 saturated heterocycles. The first-order valence-corrected chi connectivity index (χ1v) is 4.75. The van der Waals surface area contributed by atoms with Crippen LogP contribution in [0.1, 0.15) is 11.1 Å². The molecular weight excluding hydrogens is 208 g/mol. The largest absolute Gasteiger partial charge is 0.504 e. The number of aromatic nitrogens is 1. The van der Waals surface area contributed by atoms with Crippen molar-refractivity contribution >= 4 is 5.88 Å². The van der Waals surface area contributed by atoms with Crippen molar-refractivity contribution in [1.82, 2.24) is 5.16 Å². The fraction of sp³-hybridized carbons (Fsp3) is 0.182. The number of hydrogen-bond donors (Lipinski definition) is 3. The highest BCUT2D eigenvalue weighted by atomic mass is 16.5.